The van der Waals surface area contributed by atoms with Gasteiger partial charge in [0.2, 0.25) is 0 Å². The number of phenols is 2. The molecular formula is C33H48O6. The third kappa shape index (κ3) is 7.77. The van der Waals surface area contributed by atoms with Crippen LogP contribution in [0.4, 0.5) is 0 Å². The van der Waals surface area contributed by atoms with Crippen LogP contribution in [0.5, 0.6) is 11.5 Å². The number of rotatable bonds is 6. The first-order valence-corrected chi connectivity index (χ1v) is 13.6. The molecule has 6 nitrogen and oxygen atoms in total. The standard InChI is InChI=1S/C33H48O6/c1-30(2,3)21-13-19(26(34)24(16-21)32(7,8)9)15-23(28(36)37)29(38)39-18-20-14-22(31(4,5)6)17-25(27(20)35)33(10,11)12/h13-14,16-17,23,34-35H,15,18H2,1-12H3,(H,36,37). The molecule has 2 rings (SSSR count). The Morgan fingerprint density at radius 1 is 0.667 bits per heavy atom. The molecule has 0 amide bonds. The molecule has 2 aromatic carbocycles. The first-order valence-electron chi connectivity index (χ1n) is 13.6. The summed E-state index contributed by atoms with van der Waals surface area (Å²) in [5.74, 6) is -3.73. The van der Waals surface area contributed by atoms with Crippen LogP contribution >= 0.6 is 0 Å². The molecular weight excluding hydrogens is 492 g/mol. The van der Waals surface area contributed by atoms with Crippen LogP contribution < -0.4 is 0 Å². The second-order valence-electron chi connectivity index (χ2n) is 14.8. The predicted octanol–water partition coefficient (Wildman–Crippen LogP) is 7.27. The van der Waals surface area contributed by atoms with Gasteiger partial charge in [-0.1, -0.05) is 101 Å². The predicted molar refractivity (Wildman–Crippen MR) is 156 cm³/mol. The van der Waals surface area contributed by atoms with Crippen molar-refractivity contribution in [1.29, 1.82) is 0 Å². The van der Waals surface area contributed by atoms with E-state index in [-0.39, 0.29) is 46.2 Å². The van der Waals surface area contributed by atoms with Crippen molar-refractivity contribution in [2.75, 3.05) is 0 Å². The molecule has 216 valence electrons. The van der Waals surface area contributed by atoms with Crippen molar-refractivity contribution in [3.05, 3.63) is 57.6 Å². The third-order valence-corrected chi connectivity index (χ3v) is 7.10. The van der Waals surface area contributed by atoms with E-state index in [0.29, 0.717) is 16.7 Å². The van der Waals surface area contributed by atoms with E-state index in [4.69, 9.17) is 4.74 Å². The molecule has 0 aliphatic heterocycles. The number of benzene rings is 2. The van der Waals surface area contributed by atoms with Crippen molar-refractivity contribution in [2.45, 2.75) is 118 Å². The van der Waals surface area contributed by atoms with Crippen molar-refractivity contribution in [3.8, 4) is 11.5 Å². The summed E-state index contributed by atoms with van der Waals surface area (Å²) >= 11 is 0. The van der Waals surface area contributed by atoms with E-state index in [1.54, 1.807) is 6.07 Å². The van der Waals surface area contributed by atoms with Gasteiger partial charge in [0.25, 0.3) is 0 Å². The fraction of sp³-hybridized carbons (Fsp3) is 0.576. The molecule has 1 unspecified atom stereocenters. The molecule has 2 aromatic rings. The van der Waals surface area contributed by atoms with Gasteiger partial charge in [0.15, 0.2) is 5.92 Å². The lowest BCUT2D eigenvalue weighted by atomic mass is 9.78. The molecule has 0 saturated heterocycles. The number of carboxylic acid groups (broad SMARTS) is 1. The lowest BCUT2D eigenvalue weighted by Gasteiger charge is -2.28. The fourth-order valence-corrected chi connectivity index (χ4v) is 4.41. The quantitative estimate of drug-likeness (QED) is 0.263. The van der Waals surface area contributed by atoms with E-state index in [1.165, 1.54) is 0 Å². The van der Waals surface area contributed by atoms with Crippen LogP contribution in [0.3, 0.4) is 0 Å². The number of aromatic hydroxyl groups is 2. The Morgan fingerprint density at radius 3 is 1.41 bits per heavy atom. The summed E-state index contributed by atoms with van der Waals surface area (Å²) in [7, 11) is 0. The van der Waals surface area contributed by atoms with Gasteiger partial charge in [-0.3, -0.25) is 9.59 Å². The normalized spacial score (nSPS) is 13.7. The molecule has 6 heteroatoms. The SMILES string of the molecule is CC(C)(C)c1cc(COC(=O)C(Cc2cc(C(C)(C)C)cc(C(C)(C)C)c2O)C(=O)O)c(O)c(C(C)(C)C)c1. The molecule has 0 saturated carbocycles. The number of carboxylic acids is 1. The molecule has 0 radical (unpaired) electrons. The Bertz CT molecular complexity index is 1230. The van der Waals surface area contributed by atoms with Crippen LogP contribution in [0.15, 0.2) is 24.3 Å². The van der Waals surface area contributed by atoms with Crippen molar-refractivity contribution in [3.63, 3.8) is 0 Å². The van der Waals surface area contributed by atoms with Gasteiger partial charge in [0.05, 0.1) is 0 Å². The fourth-order valence-electron chi connectivity index (χ4n) is 4.41. The summed E-state index contributed by atoms with van der Waals surface area (Å²) in [5.41, 5.74) is 2.96. The molecule has 0 fully saturated rings. The molecule has 0 spiro atoms. The van der Waals surface area contributed by atoms with Gasteiger partial charge in [-0.25, -0.2) is 0 Å². The minimum absolute atomic E-state index is 0.000100. The van der Waals surface area contributed by atoms with Crippen LogP contribution in [0.2, 0.25) is 0 Å². The summed E-state index contributed by atoms with van der Waals surface area (Å²) in [6.07, 6.45) is -0.214. The lowest BCUT2D eigenvalue weighted by Crippen LogP contribution is -2.28. The Kier molecular flexibility index (Phi) is 8.97. The number of phenolic OH excluding ortho intramolecular Hbond substituents is 2. The van der Waals surface area contributed by atoms with Crippen LogP contribution in [-0.4, -0.2) is 27.3 Å². The molecule has 0 aromatic heterocycles. The van der Waals surface area contributed by atoms with Gasteiger partial charge in [0, 0.05) is 5.56 Å². The van der Waals surface area contributed by atoms with E-state index < -0.39 is 17.9 Å². The second-order valence-corrected chi connectivity index (χ2v) is 14.8. The maximum Gasteiger partial charge on any atom is 0.321 e. The molecule has 0 heterocycles. The molecule has 0 aliphatic carbocycles. The zero-order valence-electron chi connectivity index (χ0n) is 25.9. The number of aliphatic carboxylic acids is 1. The third-order valence-electron chi connectivity index (χ3n) is 7.10. The number of carbonyl (C=O) groups excluding carboxylic acids is 1. The highest BCUT2D eigenvalue weighted by molar-refractivity contribution is 5.94. The highest BCUT2D eigenvalue weighted by Gasteiger charge is 2.33. The number of hydrogen-bond acceptors (Lipinski definition) is 5. The average Bonchev–Trinajstić information content (AvgIpc) is 2.73. The number of hydrogen-bond donors (Lipinski definition) is 3. The Balaban J connectivity index is 2.46. The zero-order chi connectivity index (χ0) is 30.3. The second kappa shape index (κ2) is 10.9. The van der Waals surface area contributed by atoms with E-state index in [2.05, 4.69) is 20.8 Å². The van der Waals surface area contributed by atoms with Crippen LogP contribution in [-0.2, 0) is 49.0 Å². The minimum atomic E-state index is -1.52. The summed E-state index contributed by atoms with van der Waals surface area (Å²) < 4.78 is 5.51. The van der Waals surface area contributed by atoms with Crippen LogP contribution in [0.1, 0.15) is 116 Å². The smallest absolute Gasteiger partial charge is 0.321 e. The van der Waals surface area contributed by atoms with Crippen molar-refractivity contribution in [1.82, 2.24) is 0 Å². The highest BCUT2D eigenvalue weighted by Crippen LogP contribution is 2.40. The summed E-state index contributed by atoms with van der Waals surface area (Å²) in [4.78, 5) is 25.4. The van der Waals surface area contributed by atoms with E-state index >= 15 is 0 Å². The van der Waals surface area contributed by atoms with Crippen LogP contribution in [0.25, 0.3) is 0 Å². The van der Waals surface area contributed by atoms with E-state index in [1.807, 2.05) is 80.5 Å². The number of carbonyl (C=O) groups is 2. The lowest BCUT2D eigenvalue weighted by molar-refractivity contribution is -0.159. The van der Waals surface area contributed by atoms with Crippen molar-refractivity contribution in [2.24, 2.45) is 5.92 Å². The van der Waals surface area contributed by atoms with Gasteiger partial charge in [-0.15, -0.1) is 0 Å². The Hall–Kier alpha value is -3.02. The summed E-state index contributed by atoms with van der Waals surface area (Å²) in [6.45, 7) is 24.0. The Morgan fingerprint density at radius 2 is 1.05 bits per heavy atom. The van der Waals surface area contributed by atoms with E-state index in [0.717, 1.165) is 16.7 Å². The average molecular weight is 541 g/mol. The monoisotopic (exact) mass is 540 g/mol. The first kappa shape index (κ1) is 32.2. The Labute approximate surface area is 234 Å². The van der Waals surface area contributed by atoms with Crippen molar-refractivity contribution < 1.29 is 29.6 Å². The van der Waals surface area contributed by atoms with Crippen LogP contribution in [0, 0.1) is 5.92 Å². The van der Waals surface area contributed by atoms with Gasteiger partial charge in [-0.2, -0.15) is 0 Å². The molecule has 1 atom stereocenters. The van der Waals surface area contributed by atoms with Gasteiger partial charge < -0.3 is 20.1 Å². The largest absolute Gasteiger partial charge is 0.507 e. The minimum Gasteiger partial charge on any atom is -0.507 e. The molecule has 0 bridgehead atoms. The number of esters is 1. The zero-order valence-corrected chi connectivity index (χ0v) is 25.9. The van der Waals surface area contributed by atoms with E-state index in [9.17, 15) is 24.9 Å². The molecule has 39 heavy (non-hydrogen) atoms. The highest BCUT2D eigenvalue weighted by atomic mass is 16.5. The number of ether oxygens (including phenoxy) is 1. The van der Waals surface area contributed by atoms with Gasteiger partial charge >= 0.3 is 11.9 Å². The topological polar surface area (TPSA) is 104 Å². The van der Waals surface area contributed by atoms with Gasteiger partial charge in [0.1, 0.15) is 18.1 Å². The van der Waals surface area contributed by atoms with Crippen molar-refractivity contribution >= 4 is 11.9 Å². The van der Waals surface area contributed by atoms with Gasteiger partial charge in [-0.05, 0) is 62.0 Å². The summed E-state index contributed by atoms with van der Waals surface area (Å²) in [5, 5.41) is 32.1. The summed E-state index contributed by atoms with van der Waals surface area (Å²) in [6, 6.07) is 7.51. The first-order chi connectivity index (χ1) is 17.4. The maximum atomic E-state index is 13.1. The molecule has 3 N–H and O–H groups in total. The molecule has 0 aliphatic rings. The maximum absolute atomic E-state index is 13.1.